The van der Waals surface area contributed by atoms with E-state index in [2.05, 4.69) is 170 Å². The first kappa shape index (κ1) is 23.5. The minimum atomic E-state index is 1.21. The number of hydrogen-bond donors (Lipinski definition) is 0. The highest BCUT2D eigenvalue weighted by Crippen LogP contribution is 2.21. The van der Waals surface area contributed by atoms with E-state index in [-0.39, 0.29) is 0 Å². The van der Waals surface area contributed by atoms with Crippen LogP contribution in [0, 0.1) is 10.4 Å². The molecule has 0 aliphatic rings. The monoisotopic (exact) mass is 484 g/mol. The molecule has 0 saturated carbocycles. The zero-order chi connectivity index (χ0) is 25.6. The molecule has 0 unspecified atom stereocenters. The average molecular weight is 485 g/mol. The van der Waals surface area contributed by atoms with Crippen molar-refractivity contribution in [1.82, 2.24) is 0 Å². The molecule has 0 aliphatic carbocycles. The molecule has 0 spiro atoms. The fourth-order valence-electron chi connectivity index (χ4n) is 5.08. The largest absolute Gasteiger partial charge is 0.0622 e. The van der Waals surface area contributed by atoms with Crippen molar-refractivity contribution >= 4 is 11.1 Å². The maximum absolute atomic E-state index is 2.24. The molecule has 0 aromatic heterocycles. The van der Waals surface area contributed by atoms with Gasteiger partial charge in [-0.3, -0.25) is 0 Å². The van der Waals surface area contributed by atoms with Crippen LogP contribution in [0.25, 0.3) is 11.1 Å². The summed E-state index contributed by atoms with van der Waals surface area (Å²) in [6.45, 7) is 0. The van der Waals surface area contributed by atoms with Gasteiger partial charge in [-0.15, -0.1) is 0 Å². The van der Waals surface area contributed by atoms with Crippen molar-refractivity contribution in [3.8, 4) is 0 Å². The molecule has 0 heterocycles. The second-order valence-corrected chi connectivity index (χ2v) is 9.37. The Hall–Kier alpha value is -4.94. The van der Waals surface area contributed by atoms with Crippen molar-refractivity contribution in [3.63, 3.8) is 0 Å². The van der Waals surface area contributed by atoms with Crippen LogP contribution in [0.4, 0.5) is 0 Å². The summed E-state index contributed by atoms with van der Waals surface area (Å²) >= 11 is 0. The molecule has 6 aromatic carbocycles. The molecule has 0 radical (unpaired) electrons. The van der Waals surface area contributed by atoms with Gasteiger partial charge in [-0.2, -0.15) is 0 Å². The molecule has 0 aliphatic heterocycles. The Morgan fingerprint density at radius 2 is 0.474 bits per heavy atom. The van der Waals surface area contributed by atoms with Gasteiger partial charge in [0, 0.05) is 0 Å². The van der Waals surface area contributed by atoms with E-state index in [0.29, 0.717) is 0 Å². The molecule has 0 saturated heterocycles. The minimum Gasteiger partial charge on any atom is -0.0622 e. The predicted molar refractivity (Wildman–Crippen MR) is 159 cm³/mol. The second-order valence-electron chi connectivity index (χ2n) is 9.37. The van der Waals surface area contributed by atoms with Gasteiger partial charge in [0.25, 0.3) is 0 Å². The lowest BCUT2D eigenvalue weighted by Gasteiger charge is -2.09. The summed E-state index contributed by atoms with van der Waals surface area (Å²) in [4.78, 5) is 0. The molecule has 6 aromatic rings. The minimum absolute atomic E-state index is 1.21. The molecular formula is C38H28. The van der Waals surface area contributed by atoms with E-state index in [1.54, 1.807) is 0 Å². The van der Waals surface area contributed by atoms with Gasteiger partial charge >= 0.3 is 0 Å². The van der Waals surface area contributed by atoms with E-state index in [0.717, 1.165) is 0 Å². The smallest absolute Gasteiger partial charge is 0.00389 e. The summed E-state index contributed by atoms with van der Waals surface area (Å²) in [7, 11) is 0. The number of hydrogen-bond acceptors (Lipinski definition) is 0. The predicted octanol–water partition coefficient (Wildman–Crippen LogP) is 7.47. The van der Waals surface area contributed by atoms with Crippen molar-refractivity contribution in [3.05, 3.63) is 213 Å². The van der Waals surface area contributed by atoms with Crippen LogP contribution in [0.1, 0.15) is 22.3 Å². The molecule has 6 rings (SSSR count). The van der Waals surface area contributed by atoms with Crippen LogP contribution in [0.5, 0.6) is 0 Å². The third-order valence-electron chi connectivity index (χ3n) is 6.93. The van der Waals surface area contributed by atoms with Crippen LogP contribution in [0.2, 0.25) is 0 Å². The van der Waals surface area contributed by atoms with Gasteiger partial charge in [-0.05, 0) is 54.3 Å². The maximum Gasteiger partial charge on any atom is -0.00389 e. The zero-order valence-corrected chi connectivity index (χ0v) is 21.2. The van der Waals surface area contributed by atoms with E-state index in [9.17, 15) is 0 Å². The highest BCUT2D eigenvalue weighted by atomic mass is 14.1. The van der Waals surface area contributed by atoms with Crippen LogP contribution < -0.4 is 10.4 Å². The van der Waals surface area contributed by atoms with Crippen molar-refractivity contribution < 1.29 is 0 Å². The fraction of sp³-hybridized carbons (Fsp3) is 0. The van der Waals surface area contributed by atoms with E-state index in [4.69, 9.17) is 0 Å². The quantitative estimate of drug-likeness (QED) is 0.243. The third kappa shape index (κ3) is 4.98. The molecule has 0 heteroatoms. The Morgan fingerprint density at radius 1 is 0.237 bits per heavy atom. The Kier molecular flexibility index (Phi) is 6.78. The summed E-state index contributed by atoms with van der Waals surface area (Å²) in [5, 5.41) is 4.85. The SMILES string of the molecule is c1ccc(C(c2ccccc2)=c2ccc(=c3ccc(=C(c4ccccc4)c4ccccc4)cc3)cc2)cc1. The van der Waals surface area contributed by atoms with Gasteiger partial charge in [0.1, 0.15) is 0 Å². The highest BCUT2D eigenvalue weighted by molar-refractivity contribution is 5.80. The van der Waals surface area contributed by atoms with Crippen molar-refractivity contribution in [2.45, 2.75) is 0 Å². The highest BCUT2D eigenvalue weighted by Gasteiger charge is 2.06. The summed E-state index contributed by atoms with van der Waals surface area (Å²) in [6.07, 6.45) is 0. The molecule has 38 heavy (non-hydrogen) atoms. The molecular weight excluding hydrogens is 456 g/mol. The van der Waals surface area contributed by atoms with Crippen molar-refractivity contribution in [2.75, 3.05) is 0 Å². The lowest BCUT2D eigenvalue weighted by molar-refractivity contribution is 1.42. The maximum atomic E-state index is 2.24. The number of rotatable bonds is 4. The standard InChI is InChI=1S/C38H28/c1-5-13-31(14-6-1)37(32-15-7-2-8-16-32)35-25-21-29(22-26-35)30-23-27-36(28-24-30)38(33-17-9-3-10-18-33)34-19-11-4-12-20-34/h1-28H. The Balaban J connectivity index is 1.51. The fourth-order valence-corrected chi connectivity index (χ4v) is 5.08. The van der Waals surface area contributed by atoms with Crippen molar-refractivity contribution in [1.29, 1.82) is 0 Å². The second kappa shape index (κ2) is 11.0. The van der Waals surface area contributed by atoms with Crippen molar-refractivity contribution in [2.24, 2.45) is 0 Å². The van der Waals surface area contributed by atoms with E-state index >= 15 is 0 Å². The van der Waals surface area contributed by atoms with Gasteiger partial charge in [-0.25, -0.2) is 0 Å². The molecule has 0 fully saturated rings. The topological polar surface area (TPSA) is 0 Å². The first-order chi connectivity index (χ1) is 18.9. The molecule has 0 nitrogen and oxygen atoms in total. The molecule has 0 amide bonds. The number of benzene rings is 6. The summed E-state index contributed by atoms with van der Waals surface area (Å²) < 4.78 is 0. The van der Waals surface area contributed by atoms with Gasteiger partial charge in [0.15, 0.2) is 0 Å². The van der Waals surface area contributed by atoms with Gasteiger partial charge in [-0.1, -0.05) is 170 Å². The Labute approximate surface area is 223 Å². The molecule has 180 valence electrons. The van der Waals surface area contributed by atoms with Gasteiger partial charge in [0.2, 0.25) is 0 Å². The van der Waals surface area contributed by atoms with E-state index in [1.807, 2.05) is 0 Å². The van der Waals surface area contributed by atoms with Crippen LogP contribution in [-0.4, -0.2) is 0 Å². The lowest BCUT2D eigenvalue weighted by Crippen LogP contribution is -2.08. The first-order valence-electron chi connectivity index (χ1n) is 13.0. The van der Waals surface area contributed by atoms with Crippen LogP contribution >= 0.6 is 0 Å². The summed E-state index contributed by atoms with van der Waals surface area (Å²) in [5.74, 6) is 0. The first-order valence-corrected chi connectivity index (χ1v) is 13.0. The summed E-state index contributed by atoms with van der Waals surface area (Å²) in [6, 6.07) is 60.4. The van der Waals surface area contributed by atoms with E-state index < -0.39 is 0 Å². The molecule has 0 atom stereocenters. The average Bonchev–Trinajstić information content (AvgIpc) is 3.00. The van der Waals surface area contributed by atoms with E-state index in [1.165, 1.54) is 54.3 Å². The molecule has 0 bridgehead atoms. The van der Waals surface area contributed by atoms with Gasteiger partial charge in [0.05, 0.1) is 0 Å². The van der Waals surface area contributed by atoms with Crippen LogP contribution in [0.15, 0.2) is 170 Å². The third-order valence-corrected chi connectivity index (χ3v) is 6.93. The van der Waals surface area contributed by atoms with Gasteiger partial charge < -0.3 is 0 Å². The Bertz CT molecular complexity index is 1600. The normalized spacial score (nSPS) is 10.6. The Morgan fingerprint density at radius 3 is 0.711 bits per heavy atom. The molecule has 0 N–H and O–H groups in total. The summed E-state index contributed by atoms with van der Waals surface area (Å²) in [5.41, 5.74) is 7.39. The zero-order valence-electron chi connectivity index (χ0n) is 21.2. The van der Waals surface area contributed by atoms with Crippen LogP contribution in [-0.2, 0) is 0 Å². The lowest BCUT2D eigenvalue weighted by atomic mass is 9.95. The van der Waals surface area contributed by atoms with Crippen LogP contribution in [0.3, 0.4) is 0 Å².